The zero-order valence-corrected chi connectivity index (χ0v) is 11.8. The first kappa shape index (κ1) is 14.2. The summed E-state index contributed by atoms with van der Waals surface area (Å²) in [7, 11) is 3.08. The summed E-state index contributed by atoms with van der Waals surface area (Å²) in [6.45, 7) is 0.609. The summed E-state index contributed by atoms with van der Waals surface area (Å²) in [6, 6.07) is 6.96. The van der Waals surface area contributed by atoms with Crippen molar-refractivity contribution in [3.8, 4) is 17.6 Å². The fourth-order valence-electron chi connectivity index (χ4n) is 2.44. The molecule has 0 radical (unpaired) electrons. The van der Waals surface area contributed by atoms with Crippen molar-refractivity contribution in [1.29, 1.82) is 5.26 Å². The summed E-state index contributed by atoms with van der Waals surface area (Å²) in [5.74, 6) is 0.921. The van der Waals surface area contributed by atoms with E-state index < -0.39 is 0 Å². The number of carbonyl (C=O) groups is 1. The van der Waals surface area contributed by atoms with Crippen LogP contribution < -0.4 is 9.47 Å². The first-order valence-electron chi connectivity index (χ1n) is 6.64. The molecule has 0 aliphatic carbocycles. The van der Waals surface area contributed by atoms with E-state index in [0.717, 1.165) is 19.3 Å². The van der Waals surface area contributed by atoms with Gasteiger partial charge >= 0.3 is 0 Å². The predicted molar refractivity (Wildman–Crippen MR) is 73.8 cm³/mol. The maximum atomic E-state index is 12.7. The molecule has 0 spiro atoms. The Labute approximate surface area is 118 Å². The molecule has 106 valence electrons. The third-order valence-corrected chi connectivity index (χ3v) is 3.55. The van der Waals surface area contributed by atoms with E-state index in [0.29, 0.717) is 23.6 Å². The Bertz CT molecular complexity index is 536. The van der Waals surface area contributed by atoms with E-state index in [4.69, 9.17) is 9.47 Å². The standard InChI is InChI=1S/C15H18N2O3/c1-19-12-6-7-14(20-2)13(9-12)15(18)17-8-4-3-5-11(17)10-16/h6-7,9,11H,3-5,8H2,1-2H3. The van der Waals surface area contributed by atoms with Crippen LogP contribution in [0.3, 0.4) is 0 Å². The molecule has 1 saturated heterocycles. The smallest absolute Gasteiger partial charge is 0.258 e. The summed E-state index contributed by atoms with van der Waals surface area (Å²) < 4.78 is 10.4. The van der Waals surface area contributed by atoms with Crippen molar-refractivity contribution in [2.24, 2.45) is 0 Å². The van der Waals surface area contributed by atoms with Gasteiger partial charge in [0.2, 0.25) is 0 Å². The minimum atomic E-state index is -0.354. The van der Waals surface area contributed by atoms with Crippen LogP contribution in [0.25, 0.3) is 0 Å². The molecule has 1 aromatic carbocycles. The van der Waals surface area contributed by atoms with Crippen LogP contribution in [-0.4, -0.2) is 37.6 Å². The highest BCUT2D eigenvalue weighted by Gasteiger charge is 2.29. The second kappa shape index (κ2) is 6.29. The van der Waals surface area contributed by atoms with E-state index in [1.54, 1.807) is 30.2 Å². The van der Waals surface area contributed by atoms with Gasteiger partial charge in [-0.1, -0.05) is 0 Å². The number of methoxy groups -OCH3 is 2. The number of piperidine rings is 1. The lowest BCUT2D eigenvalue weighted by Crippen LogP contribution is -2.43. The third-order valence-electron chi connectivity index (χ3n) is 3.55. The van der Waals surface area contributed by atoms with E-state index in [1.165, 1.54) is 7.11 Å². The molecule has 0 aromatic heterocycles. The van der Waals surface area contributed by atoms with E-state index in [1.807, 2.05) is 0 Å². The van der Waals surface area contributed by atoms with Crippen LogP contribution in [0.4, 0.5) is 0 Å². The first-order chi connectivity index (χ1) is 9.71. The fourth-order valence-corrected chi connectivity index (χ4v) is 2.44. The molecular formula is C15H18N2O3. The maximum Gasteiger partial charge on any atom is 0.258 e. The van der Waals surface area contributed by atoms with Crippen LogP contribution in [0.2, 0.25) is 0 Å². The van der Waals surface area contributed by atoms with Gasteiger partial charge < -0.3 is 14.4 Å². The van der Waals surface area contributed by atoms with Gasteiger partial charge in [0.05, 0.1) is 25.9 Å². The molecular weight excluding hydrogens is 256 g/mol. The number of hydrogen-bond donors (Lipinski definition) is 0. The van der Waals surface area contributed by atoms with Gasteiger partial charge in [-0.05, 0) is 37.5 Å². The Kier molecular flexibility index (Phi) is 4.46. The lowest BCUT2D eigenvalue weighted by molar-refractivity contribution is 0.0667. The van der Waals surface area contributed by atoms with Gasteiger partial charge in [-0.2, -0.15) is 5.26 Å². The van der Waals surface area contributed by atoms with Gasteiger partial charge in [0, 0.05) is 6.54 Å². The monoisotopic (exact) mass is 274 g/mol. The Morgan fingerprint density at radius 3 is 2.80 bits per heavy atom. The fraction of sp³-hybridized carbons (Fsp3) is 0.467. The van der Waals surface area contributed by atoms with Crippen LogP contribution in [0.5, 0.6) is 11.5 Å². The molecule has 1 fully saturated rings. The highest BCUT2D eigenvalue weighted by molar-refractivity contribution is 5.97. The zero-order chi connectivity index (χ0) is 14.5. The predicted octanol–water partition coefficient (Wildman–Crippen LogP) is 2.22. The maximum absolute atomic E-state index is 12.7. The van der Waals surface area contributed by atoms with E-state index >= 15 is 0 Å². The normalized spacial score (nSPS) is 18.2. The molecule has 0 N–H and O–H groups in total. The molecule has 20 heavy (non-hydrogen) atoms. The lowest BCUT2D eigenvalue weighted by atomic mass is 10.0. The Hall–Kier alpha value is -2.22. The summed E-state index contributed by atoms with van der Waals surface area (Å²) in [4.78, 5) is 14.3. The van der Waals surface area contributed by atoms with Crippen LogP contribution in [0.1, 0.15) is 29.6 Å². The van der Waals surface area contributed by atoms with Crippen LogP contribution in [-0.2, 0) is 0 Å². The number of likely N-dealkylation sites (tertiary alicyclic amines) is 1. The van der Waals surface area contributed by atoms with Gasteiger partial charge in [0.15, 0.2) is 0 Å². The van der Waals surface area contributed by atoms with Crippen molar-refractivity contribution in [2.45, 2.75) is 25.3 Å². The lowest BCUT2D eigenvalue weighted by Gasteiger charge is -2.31. The van der Waals surface area contributed by atoms with Crippen molar-refractivity contribution in [3.05, 3.63) is 23.8 Å². The van der Waals surface area contributed by atoms with Gasteiger partial charge in [-0.15, -0.1) is 0 Å². The Balaban J connectivity index is 2.34. The Morgan fingerprint density at radius 2 is 2.15 bits per heavy atom. The van der Waals surface area contributed by atoms with Crippen LogP contribution >= 0.6 is 0 Å². The SMILES string of the molecule is COc1ccc(OC)c(C(=O)N2CCCCC2C#N)c1. The van der Waals surface area contributed by atoms with Gasteiger partial charge in [-0.3, -0.25) is 4.79 Å². The first-order valence-corrected chi connectivity index (χ1v) is 6.64. The summed E-state index contributed by atoms with van der Waals surface area (Å²) >= 11 is 0. The van der Waals surface area contributed by atoms with E-state index in [-0.39, 0.29) is 11.9 Å². The average Bonchev–Trinajstić information content (AvgIpc) is 2.53. The number of amides is 1. The van der Waals surface area contributed by atoms with Crippen molar-refractivity contribution in [3.63, 3.8) is 0 Å². The van der Waals surface area contributed by atoms with Crippen LogP contribution in [0.15, 0.2) is 18.2 Å². The van der Waals surface area contributed by atoms with Crippen LogP contribution in [0, 0.1) is 11.3 Å². The van der Waals surface area contributed by atoms with E-state index in [2.05, 4.69) is 6.07 Å². The molecule has 1 aliphatic rings. The summed E-state index contributed by atoms with van der Waals surface area (Å²) in [5, 5.41) is 9.18. The molecule has 1 atom stereocenters. The average molecular weight is 274 g/mol. The minimum Gasteiger partial charge on any atom is -0.497 e. The van der Waals surface area contributed by atoms with Gasteiger partial charge in [0.1, 0.15) is 17.5 Å². The number of hydrogen-bond acceptors (Lipinski definition) is 4. The third kappa shape index (κ3) is 2.69. The van der Waals surface area contributed by atoms with E-state index in [9.17, 15) is 10.1 Å². The molecule has 0 bridgehead atoms. The Morgan fingerprint density at radius 1 is 1.35 bits per heavy atom. The van der Waals surface area contributed by atoms with Crippen molar-refractivity contribution in [1.82, 2.24) is 4.90 Å². The van der Waals surface area contributed by atoms with Crippen molar-refractivity contribution < 1.29 is 14.3 Å². The molecule has 5 heteroatoms. The van der Waals surface area contributed by atoms with Crippen molar-refractivity contribution >= 4 is 5.91 Å². The number of benzene rings is 1. The topological polar surface area (TPSA) is 62.6 Å². The number of carbonyl (C=O) groups excluding carboxylic acids is 1. The molecule has 1 aliphatic heterocycles. The second-order valence-electron chi connectivity index (χ2n) is 4.71. The van der Waals surface area contributed by atoms with Gasteiger partial charge in [-0.25, -0.2) is 0 Å². The quantitative estimate of drug-likeness (QED) is 0.848. The number of ether oxygens (including phenoxy) is 2. The van der Waals surface area contributed by atoms with Gasteiger partial charge in [0.25, 0.3) is 5.91 Å². The molecule has 1 unspecified atom stereocenters. The van der Waals surface area contributed by atoms with Crippen molar-refractivity contribution in [2.75, 3.05) is 20.8 Å². The number of nitrogens with zero attached hydrogens (tertiary/aromatic N) is 2. The molecule has 1 heterocycles. The highest BCUT2D eigenvalue weighted by Crippen LogP contribution is 2.27. The summed E-state index contributed by atoms with van der Waals surface area (Å²) in [5.41, 5.74) is 0.439. The molecule has 2 rings (SSSR count). The number of nitriles is 1. The molecule has 1 amide bonds. The highest BCUT2D eigenvalue weighted by atomic mass is 16.5. The molecule has 1 aromatic rings. The molecule has 0 saturated carbocycles. The number of rotatable bonds is 3. The molecule has 5 nitrogen and oxygen atoms in total. The largest absolute Gasteiger partial charge is 0.497 e. The zero-order valence-electron chi connectivity index (χ0n) is 11.8. The summed E-state index contributed by atoms with van der Waals surface area (Å²) in [6.07, 6.45) is 2.64. The second-order valence-corrected chi connectivity index (χ2v) is 4.71. The minimum absolute atomic E-state index is 0.174.